The first-order chi connectivity index (χ1) is 14.2. The Hall–Kier alpha value is -0.850. The zero-order valence-corrected chi connectivity index (χ0v) is 19.0. The van der Waals surface area contributed by atoms with Crippen molar-refractivity contribution in [3.63, 3.8) is 0 Å². The van der Waals surface area contributed by atoms with Crippen LogP contribution in [0.3, 0.4) is 0 Å². The second-order valence-corrected chi connectivity index (χ2v) is 10.7. The van der Waals surface area contributed by atoms with Gasteiger partial charge in [0.25, 0.3) is 0 Å². The molecule has 5 unspecified atom stereocenters. The molecule has 0 radical (unpaired) electrons. The van der Waals surface area contributed by atoms with E-state index in [2.05, 4.69) is 26.0 Å². The number of halogens is 1. The van der Waals surface area contributed by atoms with Gasteiger partial charge in [-0.2, -0.15) is 0 Å². The van der Waals surface area contributed by atoms with E-state index in [1.807, 2.05) is 0 Å². The fraction of sp³-hybridized carbons (Fsp3) is 0.786. The van der Waals surface area contributed by atoms with Crippen LogP contribution in [0, 0.1) is 29.5 Å². The highest BCUT2D eigenvalue weighted by Gasteiger charge is 2.37. The van der Waals surface area contributed by atoms with E-state index in [-0.39, 0.29) is 5.82 Å². The summed E-state index contributed by atoms with van der Waals surface area (Å²) in [5.41, 5.74) is 3.47. The van der Waals surface area contributed by atoms with E-state index in [1.54, 1.807) is 0 Å². The van der Waals surface area contributed by atoms with Gasteiger partial charge >= 0.3 is 0 Å². The molecule has 0 aliphatic heterocycles. The molecular weight excluding hydrogens is 355 g/mol. The minimum absolute atomic E-state index is 0.189. The Morgan fingerprint density at radius 3 is 2.48 bits per heavy atom. The molecule has 3 aliphatic rings. The summed E-state index contributed by atoms with van der Waals surface area (Å²) in [6, 6.07) is 4.48. The van der Waals surface area contributed by atoms with E-state index in [4.69, 9.17) is 0 Å². The molecule has 0 aromatic heterocycles. The fourth-order valence-electron chi connectivity index (χ4n) is 7.09. The maximum atomic E-state index is 15.5. The second kappa shape index (κ2) is 9.97. The van der Waals surface area contributed by atoms with Crippen molar-refractivity contribution >= 4 is 0 Å². The van der Waals surface area contributed by atoms with Crippen molar-refractivity contribution in [2.24, 2.45) is 23.7 Å². The van der Waals surface area contributed by atoms with Gasteiger partial charge in [0, 0.05) is 0 Å². The lowest BCUT2D eigenvalue weighted by molar-refractivity contribution is 0.112. The van der Waals surface area contributed by atoms with Crippen molar-refractivity contribution < 1.29 is 4.39 Å². The molecule has 3 aliphatic carbocycles. The van der Waals surface area contributed by atoms with Crippen molar-refractivity contribution in [3.8, 4) is 0 Å². The van der Waals surface area contributed by atoms with E-state index in [1.165, 1.54) is 89.0 Å². The zero-order valence-electron chi connectivity index (χ0n) is 19.0. The first-order valence-electron chi connectivity index (χ1n) is 13.0. The third kappa shape index (κ3) is 4.91. The summed E-state index contributed by atoms with van der Waals surface area (Å²) in [4.78, 5) is 0. The van der Waals surface area contributed by atoms with Crippen LogP contribution in [0.25, 0.3) is 0 Å². The maximum absolute atomic E-state index is 15.5. The minimum atomic E-state index is 0.189. The molecule has 0 spiro atoms. The highest BCUT2D eigenvalue weighted by molar-refractivity contribution is 5.38. The van der Waals surface area contributed by atoms with Gasteiger partial charge in [0.15, 0.2) is 0 Å². The summed E-state index contributed by atoms with van der Waals surface area (Å²) in [5.74, 6) is 4.22. The number of unbranched alkanes of at least 4 members (excludes halogenated alkanes) is 2. The highest BCUT2D eigenvalue weighted by Crippen LogP contribution is 2.49. The third-order valence-electron chi connectivity index (χ3n) is 8.76. The van der Waals surface area contributed by atoms with Gasteiger partial charge in [-0.15, -0.1) is 0 Å². The Morgan fingerprint density at radius 1 is 0.828 bits per heavy atom. The number of fused-ring (bicyclic) bond motifs is 2. The fourth-order valence-corrected chi connectivity index (χ4v) is 7.09. The Morgan fingerprint density at radius 2 is 1.66 bits per heavy atom. The Kier molecular flexibility index (Phi) is 7.35. The Bertz CT molecular complexity index is 663. The number of rotatable bonds is 7. The molecule has 4 rings (SSSR count). The largest absolute Gasteiger partial charge is 0.206 e. The van der Waals surface area contributed by atoms with E-state index in [9.17, 15) is 0 Å². The van der Waals surface area contributed by atoms with Crippen LogP contribution in [0.5, 0.6) is 0 Å². The maximum Gasteiger partial charge on any atom is 0.130 e. The number of hydrogen-bond acceptors (Lipinski definition) is 0. The van der Waals surface area contributed by atoms with Crippen LogP contribution in [0.1, 0.15) is 120 Å². The van der Waals surface area contributed by atoms with Gasteiger partial charge in [0.2, 0.25) is 0 Å². The summed E-state index contributed by atoms with van der Waals surface area (Å²) in [5, 5.41) is 0. The summed E-state index contributed by atoms with van der Waals surface area (Å²) >= 11 is 0. The lowest BCUT2D eigenvalue weighted by Gasteiger charge is -2.42. The summed E-state index contributed by atoms with van der Waals surface area (Å²) in [6.07, 6.45) is 19.6. The predicted octanol–water partition coefficient (Wildman–Crippen LogP) is 8.61. The molecule has 2 saturated carbocycles. The lowest BCUT2D eigenvalue weighted by atomic mass is 9.63. The van der Waals surface area contributed by atoms with Crippen LogP contribution < -0.4 is 0 Å². The van der Waals surface area contributed by atoms with Gasteiger partial charge in [-0.1, -0.05) is 70.9 Å². The molecule has 0 heterocycles. The molecule has 0 N–H and O–H groups in total. The van der Waals surface area contributed by atoms with Gasteiger partial charge in [0.1, 0.15) is 5.82 Å². The molecule has 0 nitrogen and oxygen atoms in total. The van der Waals surface area contributed by atoms with Crippen LogP contribution in [0.2, 0.25) is 0 Å². The summed E-state index contributed by atoms with van der Waals surface area (Å²) in [6.45, 7) is 4.58. The normalized spacial score (nSPS) is 31.9. The number of benzene rings is 1. The molecule has 2 fully saturated rings. The Balaban J connectivity index is 1.38. The summed E-state index contributed by atoms with van der Waals surface area (Å²) in [7, 11) is 0. The van der Waals surface area contributed by atoms with E-state index >= 15 is 4.39 Å². The van der Waals surface area contributed by atoms with Crippen molar-refractivity contribution in [1.82, 2.24) is 0 Å². The number of hydrogen-bond donors (Lipinski definition) is 0. The van der Waals surface area contributed by atoms with E-state index in [0.29, 0.717) is 5.92 Å². The van der Waals surface area contributed by atoms with Crippen LogP contribution in [-0.4, -0.2) is 0 Å². The predicted molar refractivity (Wildman–Crippen MR) is 122 cm³/mol. The topological polar surface area (TPSA) is 0 Å². The van der Waals surface area contributed by atoms with Gasteiger partial charge in [-0.25, -0.2) is 4.39 Å². The molecule has 1 aromatic carbocycles. The standard InChI is InChI=1S/C28H43F/c1-3-5-6-8-21-9-11-23-19-25(13-12-22(23)17-21)27-16-14-24-18-20(7-4-2)10-15-26(24)28(27)29/h14,16,20-23,25H,3-13,15,17-19H2,1-2H3. The highest BCUT2D eigenvalue weighted by atomic mass is 19.1. The molecule has 29 heavy (non-hydrogen) atoms. The molecule has 162 valence electrons. The first kappa shape index (κ1) is 21.4. The van der Waals surface area contributed by atoms with Gasteiger partial charge in [0.05, 0.1) is 0 Å². The van der Waals surface area contributed by atoms with Gasteiger partial charge in [-0.3, -0.25) is 0 Å². The molecule has 0 bridgehead atoms. The van der Waals surface area contributed by atoms with Crippen LogP contribution >= 0.6 is 0 Å². The van der Waals surface area contributed by atoms with Crippen molar-refractivity contribution in [2.45, 2.75) is 116 Å². The molecule has 1 aromatic rings. The minimum Gasteiger partial charge on any atom is -0.206 e. The quantitative estimate of drug-likeness (QED) is 0.403. The average molecular weight is 399 g/mol. The first-order valence-corrected chi connectivity index (χ1v) is 13.0. The van der Waals surface area contributed by atoms with E-state index < -0.39 is 0 Å². The van der Waals surface area contributed by atoms with Crippen LogP contribution in [0.15, 0.2) is 12.1 Å². The molecule has 0 saturated heterocycles. The third-order valence-corrected chi connectivity index (χ3v) is 8.76. The van der Waals surface area contributed by atoms with Crippen LogP contribution in [-0.2, 0) is 12.8 Å². The van der Waals surface area contributed by atoms with E-state index in [0.717, 1.165) is 47.6 Å². The second-order valence-electron chi connectivity index (χ2n) is 10.7. The molecule has 0 amide bonds. The molecular formula is C28H43F. The van der Waals surface area contributed by atoms with Crippen molar-refractivity contribution in [1.29, 1.82) is 0 Å². The van der Waals surface area contributed by atoms with Gasteiger partial charge in [-0.05, 0) is 97.6 Å². The lowest BCUT2D eigenvalue weighted by Crippen LogP contribution is -2.31. The SMILES string of the molecule is CCCCCC1CCC2CC(c3ccc4c(c3F)CCC(CCC)C4)CCC2C1. The molecule has 5 atom stereocenters. The average Bonchev–Trinajstić information content (AvgIpc) is 2.74. The van der Waals surface area contributed by atoms with Crippen molar-refractivity contribution in [3.05, 3.63) is 34.6 Å². The monoisotopic (exact) mass is 398 g/mol. The summed E-state index contributed by atoms with van der Waals surface area (Å²) < 4.78 is 15.5. The zero-order chi connectivity index (χ0) is 20.2. The van der Waals surface area contributed by atoms with Gasteiger partial charge < -0.3 is 0 Å². The smallest absolute Gasteiger partial charge is 0.130 e. The van der Waals surface area contributed by atoms with Crippen LogP contribution in [0.4, 0.5) is 4.39 Å². The van der Waals surface area contributed by atoms with Crippen molar-refractivity contribution in [2.75, 3.05) is 0 Å². The Labute approximate surface area is 179 Å². The molecule has 1 heteroatoms.